The van der Waals surface area contributed by atoms with E-state index in [0.29, 0.717) is 0 Å². The number of aromatic carboxylic acids is 1. The van der Waals surface area contributed by atoms with Crippen molar-refractivity contribution >= 4 is 33.9 Å². The number of benzene rings is 1. The van der Waals surface area contributed by atoms with Gasteiger partial charge >= 0.3 is 5.97 Å². The van der Waals surface area contributed by atoms with Crippen LogP contribution in [0.3, 0.4) is 0 Å². The van der Waals surface area contributed by atoms with E-state index in [-0.39, 0.29) is 15.5 Å². The Morgan fingerprint density at radius 3 is 2.56 bits per heavy atom. The smallest absolute Gasteiger partial charge is 0.335 e. The van der Waals surface area contributed by atoms with Gasteiger partial charge in [-0.15, -0.1) is 4.40 Å². The van der Waals surface area contributed by atoms with E-state index in [4.69, 9.17) is 16.7 Å². The molecule has 0 aromatic heterocycles. The lowest BCUT2D eigenvalue weighted by molar-refractivity contribution is 0.0696. The van der Waals surface area contributed by atoms with Crippen LogP contribution < -0.4 is 0 Å². The lowest BCUT2D eigenvalue weighted by atomic mass is 10.2. The zero-order chi connectivity index (χ0) is 13.9. The minimum Gasteiger partial charge on any atom is -0.478 e. The molecular weight excluding hydrogens is 280 g/mol. The minimum absolute atomic E-state index is 0.0732. The van der Waals surface area contributed by atoms with Crippen LogP contribution in [0.4, 0.5) is 0 Å². The van der Waals surface area contributed by atoms with Gasteiger partial charge in [0, 0.05) is 14.1 Å². The standard InChI is InChI=1S/C10H11ClN2O4S/c1-13(2)6-12-18(16,17)9-5-7(10(14)15)3-4-8(9)11/h3-6H,1-2H3,(H,14,15)/b12-6+. The topological polar surface area (TPSA) is 87.0 Å². The number of sulfonamides is 1. The van der Waals surface area contributed by atoms with Gasteiger partial charge in [-0.3, -0.25) is 0 Å². The fourth-order valence-electron chi connectivity index (χ4n) is 1.05. The molecule has 0 radical (unpaired) electrons. The second-order valence-corrected chi connectivity index (χ2v) is 5.62. The largest absolute Gasteiger partial charge is 0.478 e. The van der Waals surface area contributed by atoms with Crippen molar-refractivity contribution in [3.63, 3.8) is 0 Å². The highest BCUT2D eigenvalue weighted by Gasteiger charge is 2.18. The summed E-state index contributed by atoms with van der Waals surface area (Å²) in [4.78, 5) is 11.9. The van der Waals surface area contributed by atoms with Crippen molar-refractivity contribution in [1.82, 2.24) is 4.90 Å². The third-order valence-corrected chi connectivity index (χ3v) is 3.58. The van der Waals surface area contributed by atoms with Crippen LogP contribution >= 0.6 is 11.6 Å². The predicted octanol–water partition coefficient (Wildman–Crippen LogP) is 1.32. The highest BCUT2D eigenvalue weighted by molar-refractivity contribution is 7.90. The maximum absolute atomic E-state index is 11.8. The Kier molecular flexibility index (Phi) is 4.31. The third kappa shape index (κ3) is 3.44. The summed E-state index contributed by atoms with van der Waals surface area (Å²) in [5.74, 6) is -1.24. The van der Waals surface area contributed by atoms with Crippen molar-refractivity contribution in [3.05, 3.63) is 28.8 Å². The van der Waals surface area contributed by atoms with Crippen LogP contribution in [0.25, 0.3) is 0 Å². The zero-order valence-electron chi connectivity index (χ0n) is 9.66. The lowest BCUT2D eigenvalue weighted by Gasteiger charge is -2.05. The van der Waals surface area contributed by atoms with Gasteiger partial charge in [0.15, 0.2) is 0 Å². The van der Waals surface area contributed by atoms with Crippen molar-refractivity contribution in [1.29, 1.82) is 0 Å². The van der Waals surface area contributed by atoms with Crippen molar-refractivity contribution in [2.24, 2.45) is 4.40 Å². The average molecular weight is 291 g/mol. The first kappa shape index (κ1) is 14.5. The third-order valence-electron chi connectivity index (χ3n) is 1.87. The molecule has 0 spiro atoms. The van der Waals surface area contributed by atoms with Gasteiger partial charge in [0.2, 0.25) is 0 Å². The van der Waals surface area contributed by atoms with Crippen LogP contribution in [0.5, 0.6) is 0 Å². The summed E-state index contributed by atoms with van der Waals surface area (Å²) in [6.45, 7) is 0. The summed E-state index contributed by atoms with van der Waals surface area (Å²) in [6.07, 6.45) is 1.10. The molecule has 1 N–H and O–H groups in total. The van der Waals surface area contributed by atoms with E-state index in [1.165, 1.54) is 17.0 Å². The van der Waals surface area contributed by atoms with Crippen molar-refractivity contribution in [2.75, 3.05) is 14.1 Å². The summed E-state index contributed by atoms with van der Waals surface area (Å²) in [5.41, 5.74) is -0.168. The fraction of sp³-hybridized carbons (Fsp3) is 0.200. The molecule has 0 heterocycles. The molecule has 0 aliphatic carbocycles. The Balaban J connectivity index is 3.32. The number of nitrogens with zero attached hydrogens (tertiary/aromatic N) is 2. The Bertz CT molecular complexity index is 596. The Morgan fingerprint density at radius 1 is 1.44 bits per heavy atom. The van der Waals surface area contributed by atoms with Gasteiger partial charge in [0.25, 0.3) is 10.0 Å². The van der Waals surface area contributed by atoms with Crippen molar-refractivity contribution in [2.45, 2.75) is 4.90 Å². The number of carbonyl (C=O) groups is 1. The SMILES string of the molecule is CN(C)/C=N/S(=O)(=O)c1cc(C(=O)O)ccc1Cl. The second kappa shape index (κ2) is 5.36. The number of halogens is 1. The molecule has 0 saturated heterocycles. The van der Waals surface area contributed by atoms with E-state index >= 15 is 0 Å². The first-order valence-corrected chi connectivity index (χ1v) is 6.55. The minimum atomic E-state index is -4.01. The normalized spacial score (nSPS) is 11.7. The maximum atomic E-state index is 11.8. The summed E-state index contributed by atoms with van der Waals surface area (Å²) in [5, 5.41) is 8.73. The Hall–Kier alpha value is -1.60. The van der Waals surface area contributed by atoms with E-state index in [1.54, 1.807) is 14.1 Å². The van der Waals surface area contributed by atoms with Crippen molar-refractivity contribution in [3.8, 4) is 0 Å². The second-order valence-electron chi connectivity index (χ2n) is 3.61. The molecule has 0 aliphatic rings. The summed E-state index contributed by atoms with van der Waals surface area (Å²) in [7, 11) is -0.799. The van der Waals surface area contributed by atoms with E-state index in [9.17, 15) is 13.2 Å². The fourth-order valence-corrected chi connectivity index (χ4v) is 2.47. The summed E-state index contributed by atoms with van der Waals surface area (Å²) < 4.78 is 27.0. The first-order chi connectivity index (χ1) is 8.24. The van der Waals surface area contributed by atoms with Crippen molar-refractivity contribution < 1.29 is 18.3 Å². The molecule has 0 fully saturated rings. The molecule has 98 valence electrons. The first-order valence-electron chi connectivity index (χ1n) is 4.74. The monoisotopic (exact) mass is 290 g/mol. The Labute approximate surface area is 110 Å². The number of rotatable bonds is 4. The highest BCUT2D eigenvalue weighted by Crippen LogP contribution is 2.24. The average Bonchev–Trinajstić information content (AvgIpc) is 2.26. The van der Waals surface area contributed by atoms with Gasteiger partial charge in [-0.2, -0.15) is 8.42 Å². The van der Waals surface area contributed by atoms with E-state index in [1.807, 2.05) is 0 Å². The maximum Gasteiger partial charge on any atom is 0.335 e. The molecule has 0 unspecified atom stereocenters. The van der Waals surface area contributed by atoms with E-state index in [0.717, 1.165) is 12.4 Å². The zero-order valence-corrected chi connectivity index (χ0v) is 11.2. The van der Waals surface area contributed by atoms with Gasteiger partial charge in [-0.05, 0) is 18.2 Å². The molecule has 0 aliphatic heterocycles. The quantitative estimate of drug-likeness (QED) is 0.667. The molecule has 18 heavy (non-hydrogen) atoms. The van der Waals surface area contributed by atoms with Crippen LogP contribution in [-0.2, 0) is 10.0 Å². The molecule has 0 atom stereocenters. The molecule has 1 aromatic rings. The molecular formula is C10H11ClN2O4S. The molecule has 8 heteroatoms. The molecule has 1 aromatic carbocycles. The van der Waals surface area contributed by atoms with E-state index in [2.05, 4.69) is 4.40 Å². The number of hydrogen-bond donors (Lipinski definition) is 1. The number of carboxylic acids is 1. The molecule has 0 amide bonds. The molecule has 1 rings (SSSR count). The number of hydrogen-bond acceptors (Lipinski definition) is 3. The van der Waals surface area contributed by atoms with Gasteiger partial charge in [-0.25, -0.2) is 4.79 Å². The molecule has 0 bridgehead atoms. The van der Waals surface area contributed by atoms with Crippen LogP contribution in [-0.4, -0.2) is 44.8 Å². The van der Waals surface area contributed by atoms with Gasteiger partial charge in [0.05, 0.1) is 10.6 Å². The highest BCUT2D eigenvalue weighted by atomic mass is 35.5. The summed E-state index contributed by atoms with van der Waals surface area (Å²) in [6, 6.07) is 3.41. The van der Waals surface area contributed by atoms with Crippen LogP contribution in [0, 0.1) is 0 Å². The van der Waals surface area contributed by atoms with Crippen LogP contribution in [0.2, 0.25) is 5.02 Å². The predicted molar refractivity (Wildman–Crippen MR) is 67.8 cm³/mol. The number of carboxylic acid groups (broad SMARTS) is 1. The Morgan fingerprint density at radius 2 is 2.06 bits per heavy atom. The van der Waals surface area contributed by atoms with E-state index < -0.39 is 16.0 Å². The summed E-state index contributed by atoms with van der Waals surface area (Å²) >= 11 is 5.74. The van der Waals surface area contributed by atoms with Gasteiger partial charge in [0.1, 0.15) is 11.2 Å². The molecule has 6 nitrogen and oxygen atoms in total. The van der Waals surface area contributed by atoms with Crippen LogP contribution in [0.15, 0.2) is 27.5 Å². The van der Waals surface area contributed by atoms with Crippen LogP contribution in [0.1, 0.15) is 10.4 Å². The molecule has 0 saturated carbocycles. The van der Waals surface area contributed by atoms with Gasteiger partial charge in [-0.1, -0.05) is 11.6 Å². The van der Waals surface area contributed by atoms with Gasteiger partial charge < -0.3 is 10.0 Å². The lowest BCUT2D eigenvalue weighted by Crippen LogP contribution is -2.10.